The van der Waals surface area contributed by atoms with Crippen LogP contribution in [-0.4, -0.2) is 45.1 Å². The van der Waals surface area contributed by atoms with E-state index >= 15 is 0 Å². The summed E-state index contributed by atoms with van der Waals surface area (Å²) in [4.78, 5) is 11.6. The van der Waals surface area contributed by atoms with Crippen LogP contribution in [0.25, 0.3) is 11.2 Å². The fraction of sp³-hybridized carbons (Fsp3) is 0.667. The van der Waals surface area contributed by atoms with Crippen molar-refractivity contribution in [2.24, 2.45) is 0 Å². The molecule has 132 valence electrons. The van der Waals surface area contributed by atoms with Crippen LogP contribution in [-0.2, 0) is 6.54 Å². The molecule has 2 aromatic heterocycles. The third-order valence-corrected chi connectivity index (χ3v) is 4.94. The Hall–Kier alpha value is -1.53. The van der Waals surface area contributed by atoms with Gasteiger partial charge in [0.1, 0.15) is 17.2 Å². The highest BCUT2D eigenvalue weighted by atomic mass is 19.1. The van der Waals surface area contributed by atoms with Gasteiger partial charge in [0.2, 0.25) is 0 Å². The first kappa shape index (κ1) is 17.3. The molecule has 0 aliphatic carbocycles. The smallest absolute Gasteiger partial charge is 0.160 e. The molecule has 1 aliphatic rings. The zero-order valence-corrected chi connectivity index (χ0v) is 14.9. The minimum absolute atomic E-state index is 0.263. The van der Waals surface area contributed by atoms with Gasteiger partial charge in [0.25, 0.3) is 0 Å². The van der Waals surface area contributed by atoms with Gasteiger partial charge in [0, 0.05) is 38.3 Å². The van der Waals surface area contributed by atoms with Crippen molar-refractivity contribution in [1.29, 1.82) is 0 Å². The fourth-order valence-electron chi connectivity index (χ4n) is 3.66. The van der Waals surface area contributed by atoms with Gasteiger partial charge >= 0.3 is 0 Å². The Morgan fingerprint density at radius 3 is 2.96 bits per heavy atom. The van der Waals surface area contributed by atoms with E-state index in [0.29, 0.717) is 11.6 Å². The maximum atomic E-state index is 13.6. The Labute approximate surface area is 143 Å². The highest BCUT2D eigenvalue weighted by molar-refractivity contribution is 5.71. The molecule has 1 aliphatic heterocycles. The summed E-state index contributed by atoms with van der Waals surface area (Å²) in [5, 5.41) is 3.55. The maximum Gasteiger partial charge on any atom is 0.160 e. The highest BCUT2D eigenvalue weighted by Crippen LogP contribution is 2.29. The Morgan fingerprint density at radius 1 is 1.38 bits per heavy atom. The molecule has 0 unspecified atom stereocenters. The number of hydrogen-bond acceptors (Lipinski definition) is 4. The molecular weight excluding hydrogens is 305 g/mol. The summed E-state index contributed by atoms with van der Waals surface area (Å²) in [5.74, 6) is 0.705. The van der Waals surface area contributed by atoms with Crippen LogP contribution in [0.5, 0.6) is 0 Å². The van der Waals surface area contributed by atoms with Gasteiger partial charge in [-0.2, -0.15) is 0 Å². The molecule has 0 spiro atoms. The minimum atomic E-state index is -0.324. The first-order valence-corrected chi connectivity index (χ1v) is 9.13. The van der Waals surface area contributed by atoms with Crippen molar-refractivity contribution in [3.8, 4) is 0 Å². The van der Waals surface area contributed by atoms with Crippen LogP contribution in [0.2, 0.25) is 0 Å². The van der Waals surface area contributed by atoms with E-state index in [-0.39, 0.29) is 11.9 Å². The van der Waals surface area contributed by atoms with Gasteiger partial charge in [-0.25, -0.2) is 14.4 Å². The third-order valence-electron chi connectivity index (χ3n) is 4.94. The largest absolute Gasteiger partial charge is 0.313 e. The van der Waals surface area contributed by atoms with Crippen molar-refractivity contribution in [3.63, 3.8) is 0 Å². The molecule has 3 heterocycles. The first-order valence-electron chi connectivity index (χ1n) is 9.13. The Balaban J connectivity index is 1.99. The van der Waals surface area contributed by atoms with E-state index in [1.807, 2.05) is 0 Å². The van der Waals surface area contributed by atoms with E-state index in [0.717, 1.165) is 56.9 Å². The molecular formula is C18H28FN5. The van der Waals surface area contributed by atoms with Crippen LogP contribution in [0.15, 0.2) is 12.3 Å². The number of aryl methyl sites for hydroxylation is 1. The summed E-state index contributed by atoms with van der Waals surface area (Å²) in [6.07, 6.45) is 4.57. The standard InChI is InChI=1S/C18H28FN5/c1-4-6-16(23-9-7-13(3)20-8-10-23)18-22-15-11-14(19)12-21-17(15)24(18)5-2/h11-13,16,20H,4-10H2,1-3H3/t13-,16-/m0/s1. The van der Waals surface area contributed by atoms with Crippen LogP contribution in [0.4, 0.5) is 4.39 Å². The summed E-state index contributed by atoms with van der Waals surface area (Å²) >= 11 is 0. The highest BCUT2D eigenvalue weighted by Gasteiger charge is 2.27. The summed E-state index contributed by atoms with van der Waals surface area (Å²) in [6, 6.07) is 2.31. The van der Waals surface area contributed by atoms with Gasteiger partial charge in [-0.05, 0) is 26.7 Å². The Morgan fingerprint density at radius 2 is 2.21 bits per heavy atom. The van der Waals surface area contributed by atoms with E-state index in [1.165, 1.54) is 12.3 Å². The molecule has 1 saturated heterocycles. The summed E-state index contributed by atoms with van der Waals surface area (Å²) < 4.78 is 15.7. The molecule has 0 aromatic carbocycles. The van der Waals surface area contributed by atoms with Crippen molar-refractivity contribution < 1.29 is 4.39 Å². The molecule has 0 bridgehead atoms. The number of nitrogens with zero attached hydrogens (tertiary/aromatic N) is 4. The molecule has 3 rings (SSSR count). The number of nitrogens with one attached hydrogen (secondary N) is 1. The molecule has 1 N–H and O–H groups in total. The topological polar surface area (TPSA) is 46.0 Å². The second-order valence-corrected chi connectivity index (χ2v) is 6.69. The summed E-state index contributed by atoms with van der Waals surface area (Å²) in [6.45, 7) is 10.4. The zero-order valence-electron chi connectivity index (χ0n) is 14.9. The van der Waals surface area contributed by atoms with Gasteiger partial charge in [-0.1, -0.05) is 13.3 Å². The first-order chi connectivity index (χ1) is 11.6. The average Bonchev–Trinajstić information content (AvgIpc) is 2.78. The summed E-state index contributed by atoms with van der Waals surface area (Å²) in [5.41, 5.74) is 1.45. The number of fused-ring (bicyclic) bond motifs is 1. The van der Waals surface area contributed by atoms with Gasteiger partial charge in [-0.15, -0.1) is 0 Å². The van der Waals surface area contributed by atoms with Crippen LogP contribution < -0.4 is 5.32 Å². The second-order valence-electron chi connectivity index (χ2n) is 6.69. The molecule has 6 heteroatoms. The van der Waals surface area contributed by atoms with E-state index < -0.39 is 0 Å². The molecule has 0 saturated carbocycles. The van der Waals surface area contributed by atoms with E-state index in [9.17, 15) is 4.39 Å². The van der Waals surface area contributed by atoms with Crippen molar-refractivity contribution >= 4 is 11.2 Å². The summed E-state index contributed by atoms with van der Waals surface area (Å²) in [7, 11) is 0. The minimum Gasteiger partial charge on any atom is -0.313 e. The number of imidazole rings is 1. The predicted octanol–water partition coefficient (Wildman–Crippen LogP) is 3.12. The van der Waals surface area contributed by atoms with Crippen LogP contribution in [0, 0.1) is 5.82 Å². The van der Waals surface area contributed by atoms with Crippen molar-refractivity contribution in [3.05, 3.63) is 23.9 Å². The lowest BCUT2D eigenvalue weighted by atomic mass is 10.1. The van der Waals surface area contributed by atoms with E-state index in [4.69, 9.17) is 4.98 Å². The number of halogens is 1. The van der Waals surface area contributed by atoms with Crippen molar-refractivity contribution in [2.45, 2.75) is 58.7 Å². The van der Waals surface area contributed by atoms with Gasteiger partial charge in [0.15, 0.2) is 5.65 Å². The molecule has 5 nitrogen and oxygen atoms in total. The third kappa shape index (κ3) is 3.44. The number of hydrogen-bond donors (Lipinski definition) is 1. The quantitative estimate of drug-likeness (QED) is 0.913. The molecule has 24 heavy (non-hydrogen) atoms. The van der Waals surface area contributed by atoms with E-state index in [2.05, 4.69) is 40.5 Å². The zero-order chi connectivity index (χ0) is 17.1. The fourth-order valence-corrected chi connectivity index (χ4v) is 3.66. The maximum absolute atomic E-state index is 13.6. The van der Waals surface area contributed by atoms with Crippen molar-refractivity contribution in [1.82, 2.24) is 24.8 Å². The predicted molar refractivity (Wildman–Crippen MR) is 94.5 cm³/mol. The normalized spacial score (nSPS) is 21.1. The Kier molecular flexibility index (Phi) is 5.46. The molecule has 2 atom stereocenters. The number of pyridine rings is 1. The number of aromatic nitrogens is 3. The van der Waals surface area contributed by atoms with Gasteiger partial charge in [0.05, 0.1) is 12.2 Å². The van der Waals surface area contributed by atoms with Gasteiger partial charge in [-0.3, -0.25) is 4.90 Å². The van der Waals surface area contributed by atoms with Crippen LogP contribution in [0.1, 0.15) is 51.9 Å². The lowest BCUT2D eigenvalue weighted by Crippen LogP contribution is -2.34. The van der Waals surface area contributed by atoms with Crippen LogP contribution >= 0.6 is 0 Å². The lowest BCUT2D eigenvalue weighted by Gasteiger charge is -2.30. The molecule has 0 radical (unpaired) electrons. The lowest BCUT2D eigenvalue weighted by molar-refractivity contribution is 0.186. The average molecular weight is 333 g/mol. The van der Waals surface area contributed by atoms with Gasteiger partial charge < -0.3 is 9.88 Å². The molecule has 0 amide bonds. The molecule has 2 aromatic rings. The van der Waals surface area contributed by atoms with E-state index in [1.54, 1.807) is 0 Å². The second kappa shape index (κ2) is 7.57. The molecule has 1 fully saturated rings. The monoisotopic (exact) mass is 333 g/mol. The Bertz CT molecular complexity index is 683. The van der Waals surface area contributed by atoms with Crippen molar-refractivity contribution in [2.75, 3.05) is 19.6 Å². The SMILES string of the molecule is CCC[C@@H](c1nc2cc(F)cnc2n1CC)N1CCN[C@@H](C)CC1. The van der Waals surface area contributed by atoms with Crippen LogP contribution in [0.3, 0.4) is 0 Å². The number of rotatable bonds is 5.